The smallest absolute Gasteiger partial charge is 0.264 e. The highest BCUT2D eigenvalue weighted by Crippen LogP contribution is 2.26. The Morgan fingerprint density at radius 3 is 2.23 bits per heavy atom. The van der Waals surface area contributed by atoms with Gasteiger partial charge in [-0.3, -0.25) is 14.0 Å². The van der Waals surface area contributed by atoms with Crippen LogP contribution in [0.15, 0.2) is 83.8 Å². The molecule has 1 aliphatic rings. The minimum atomic E-state index is -3.92. The lowest BCUT2D eigenvalue weighted by atomic mass is 10.1. The molecule has 0 radical (unpaired) electrons. The van der Waals surface area contributed by atoms with Crippen molar-refractivity contribution in [3.05, 3.63) is 95.6 Å². The molecule has 0 atom stereocenters. The van der Waals surface area contributed by atoms with Crippen LogP contribution in [0.3, 0.4) is 0 Å². The van der Waals surface area contributed by atoms with Gasteiger partial charge >= 0.3 is 0 Å². The SMILES string of the molecule is Cc1ccccc1N(CC(=O)NCc1ccc(CN2CCOCC2)cc1)S(=O)(=O)c1ccccc1. The van der Waals surface area contributed by atoms with Crippen LogP contribution in [0.4, 0.5) is 5.69 Å². The molecule has 3 aromatic carbocycles. The van der Waals surface area contributed by atoms with Gasteiger partial charge in [-0.1, -0.05) is 60.7 Å². The fourth-order valence-electron chi connectivity index (χ4n) is 4.03. The van der Waals surface area contributed by atoms with Gasteiger partial charge in [-0.05, 0) is 41.8 Å². The van der Waals surface area contributed by atoms with Crippen molar-refractivity contribution in [1.82, 2.24) is 10.2 Å². The molecule has 3 aromatic rings. The summed E-state index contributed by atoms with van der Waals surface area (Å²) in [5.41, 5.74) is 3.42. The first-order chi connectivity index (χ1) is 16.9. The van der Waals surface area contributed by atoms with Gasteiger partial charge in [-0.2, -0.15) is 0 Å². The number of nitrogens with zero attached hydrogens (tertiary/aromatic N) is 2. The predicted octanol–water partition coefficient (Wildman–Crippen LogP) is 3.34. The zero-order chi connectivity index (χ0) is 24.7. The van der Waals surface area contributed by atoms with E-state index in [1.165, 1.54) is 22.0 Å². The van der Waals surface area contributed by atoms with Crippen LogP contribution in [-0.2, 0) is 32.6 Å². The van der Waals surface area contributed by atoms with E-state index in [0.29, 0.717) is 12.2 Å². The average molecular weight is 494 g/mol. The first-order valence-electron chi connectivity index (χ1n) is 11.7. The van der Waals surface area contributed by atoms with Crippen molar-refractivity contribution in [2.75, 3.05) is 37.2 Å². The summed E-state index contributed by atoms with van der Waals surface area (Å²) in [4.78, 5) is 15.4. The van der Waals surface area contributed by atoms with Gasteiger partial charge in [0.1, 0.15) is 6.54 Å². The van der Waals surface area contributed by atoms with Crippen molar-refractivity contribution in [3.63, 3.8) is 0 Å². The highest BCUT2D eigenvalue weighted by molar-refractivity contribution is 7.92. The Bertz CT molecular complexity index is 1220. The molecule has 0 bridgehead atoms. The molecular formula is C27H31N3O4S. The first-order valence-corrected chi connectivity index (χ1v) is 13.2. The number of para-hydroxylation sites is 1. The number of carbonyl (C=O) groups excluding carboxylic acids is 1. The van der Waals surface area contributed by atoms with Gasteiger partial charge in [0.2, 0.25) is 5.91 Å². The molecule has 0 unspecified atom stereocenters. The Balaban J connectivity index is 1.42. The quantitative estimate of drug-likeness (QED) is 0.495. The van der Waals surface area contributed by atoms with Crippen LogP contribution in [0.25, 0.3) is 0 Å². The molecule has 1 fully saturated rings. The van der Waals surface area contributed by atoms with Gasteiger partial charge in [-0.15, -0.1) is 0 Å². The van der Waals surface area contributed by atoms with Crippen molar-refractivity contribution in [2.24, 2.45) is 0 Å². The third-order valence-corrected chi connectivity index (χ3v) is 7.80. The number of anilines is 1. The summed E-state index contributed by atoms with van der Waals surface area (Å²) in [7, 11) is -3.92. The molecule has 0 spiro atoms. The molecule has 1 aliphatic heterocycles. The molecule has 7 nitrogen and oxygen atoms in total. The average Bonchev–Trinajstić information content (AvgIpc) is 2.88. The topological polar surface area (TPSA) is 79.0 Å². The molecule has 1 N–H and O–H groups in total. The van der Waals surface area contributed by atoms with E-state index >= 15 is 0 Å². The maximum atomic E-state index is 13.4. The fraction of sp³-hybridized carbons (Fsp3) is 0.296. The van der Waals surface area contributed by atoms with E-state index in [-0.39, 0.29) is 17.3 Å². The zero-order valence-electron chi connectivity index (χ0n) is 19.9. The Labute approximate surface area is 207 Å². The first kappa shape index (κ1) is 24.9. The van der Waals surface area contributed by atoms with Gasteiger partial charge in [0.05, 0.1) is 23.8 Å². The maximum absolute atomic E-state index is 13.4. The number of carbonyl (C=O) groups is 1. The van der Waals surface area contributed by atoms with Crippen molar-refractivity contribution in [3.8, 4) is 0 Å². The summed E-state index contributed by atoms with van der Waals surface area (Å²) in [6.07, 6.45) is 0. The van der Waals surface area contributed by atoms with Crippen molar-refractivity contribution >= 4 is 21.6 Å². The van der Waals surface area contributed by atoms with Crippen LogP contribution in [0.1, 0.15) is 16.7 Å². The Kier molecular flexibility index (Phi) is 8.17. The lowest BCUT2D eigenvalue weighted by Crippen LogP contribution is -2.41. The predicted molar refractivity (Wildman–Crippen MR) is 137 cm³/mol. The minimum Gasteiger partial charge on any atom is -0.379 e. The molecule has 0 saturated carbocycles. The number of morpholine rings is 1. The summed E-state index contributed by atoms with van der Waals surface area (Å²) in [5, 5.41) is 2.87. The van der Waals surface area contributed by atoms with Crippen LogP contribution in [0.5, 0.6) is 0 Å². The molecule has 1 saturated heterocycles. The van der Waals surface area contributed by atoms with Crippen molar-refractivity contribution < 1.29 is 17.9 Å². The standard InChI is InChI=1S/C27H31N3O4S/c1-22-7-5-6-10-26(22)30(35(32,33)25-8-3-2-4-9-25)21-27(31)28-19-23-11-13-24(14-12-23)20-29-15-17-34-18-16-29/h2-14H,15-21H2,1H3,(H,28,31). The van der Waals surface area contributed by atoms with Gasteiger partial charge < -0.3 is 10.1 Å². The Morgan fingerprint density at radius 1 is 0.914 bits per heavy atom. The van der Waals surface area contributed by atoms with Crippen molar-refractivity contribution in [2.45, 2.75) is 24.9 Å². The number of hydrogen-bond acceptors (Lipinski definition) is 5. The number of amides is 1. The zero-order valence-corrected chi connectivity index (χ0v) is 20.7. The number of rotatable bonds is 9. The normalized spacial score (nSPS) is 14.4. The Morgan fingerprint density at radius 2 is 1.54 bits per heavy atom. The molecule has 4 rings (SSSR count). The van der Waals surface area contributed by atoms with E-state index in [2.05, 4.69) is 22.3 Å². The Hall–Kier alpha value is -3.20. The molecule has 35 heavy (non-hydrogen) atoms. The molecule has 8 heteroatoms. The minimum absolute atomic E-state index is 0.145. The number of sulfonamides is 1. The second-order valence-corrected chi connectivity index (χ2v) is 10.5. The van der Waals surface area contributed by atoms with Gasteiger partial charge in [0.15, 0.2) is 0 Å². The number of aryl methyl sites for hydroxylation is 1. The summed E-state index contributed by atoms with van der Waals surface area (Å²) in [5.74, 6) is -0.370. The van der Waals surface area contributed by atoms with E-state index in [1.807, 2.05) is 31.2 Å². The van der Waals surface area contributed by atoms with Gasteiger partial charge in [-0.25, -0.2) is 8.42 Å². The van der Waals surface area contributed by atoms with Gasteiger partial charge in [0, 0.05) is 26.2 Å². The van der Waals surface area contributed by atoms with Crippen LogP contribution in [0.2, 0.25) is 0 Å². The maximum Gasteiger partial charge on any atom is 0.264 e. The highest BCUT2D eigenvalue weighted by atomic mass is 32.2. The molecule has 1 heterocycles. The largest absolute Gasteiger partial charge is 0.379 e. The molecule has 0 aliphatic carbocycles. The lowest BCUT2D eigenvalue weighted by Gasteiger charge is -2.26. The van der Waals surface area contributed by atoms with Gasteiger partial charge in [0.25, 0.3) is 10.0 Å². The highest BCUT2D eigenvalue weighted by Gasteiger charge is 2.28. The molecular weight excluding hydrogens is 462 g/mol. The van der Waals surface area contributed by atoms with Crippen LogP contribution >= 0.6 is 0 Å². The second-order valence-electron chi connectivity index (χ2n) is 8.59. The number of benzene rings is 3. The third-order valence-electron chi connectivity index (χ3n) is 6.03. The molecule has 1 amide bonds. The summed E-state index contributed by atoms with van der Waals surface area (Å²) < 4.78 is 33.4. The number of nitrogens with one attached hydrogen (secondary N) is 1. The lowest BCUT2D eigenvalue weighted by molar-refractivity contribution is -0.119. The number of hydrogen-bond donors (Lipinski definition) is 1. The van der Waals surface area contributed by atoms with E-state index in [9.17, 15) is 13.2 Å². The van der Waals surface area contributed by atoms with E-state index < -0.39 is 10.0 Å². The summed E-state index contributed by atoms with van der Waals surface area (Å²) in [6, 6.07) is 23.5. The fourth-order valence-corrected chi connectivity index (χ4v) is 5.54. The monoisotopic (exact) mass is 493 g/mol. The van der Waals surface area contributed by atoms with Crippen molar-refractivity contribution in [1.29, 1.82) is 0 Å². The van der Waals surface area contributed by atoms with E-state index in [4.69, 9.17) is 4.74 Å². The molecule has 184 valence electrons. The second kappa shape index (κ2) is 11.5. The van der Waals surface area contributed by atoms with E-state index in [1.54, 1.807) is 30.3 Å². The van der Waals surface area contributed by atoms with E-state index in [0.717, 1.165) is 44.0 Å². The summed E-state index contributed by atoms with van der Waals surface area (Å²) >= 11 is 0. The summed E-state index contributed by atoms with van der Waals surface area (Å²) in [6.45, 7) is 6.12. The number of ether oxygens (including phenoxy) is 1. The third kappa shape index (κ3) is 6.48. The van der Waals surface area contributed by atoms with Crippen LogP contribution < -0.4 is 9.62 Å². The molecule has 0 aromatic heterocycles. The van der Waals surface area contributed by atoms with Crippen LogP contribution in [-0.4, -0.2) is 52.1 Å². The van der Waals surface area contributed by atoms with Crippen LogP contribution in [0, 0.1) is 6.92 Å².